The minimum Gasteiger partial charge on any atom is -0.449 e. The summed E-state index contributed by atoms with van der Waals surface area (Å²) in [6, 6.07) is 13.5. The second-order valence-electron chi connectivity index (χ2n) is 12.4. The minimum absolute atomic E-state index is 0.107. The summed E-state index contributed by atoms with van der Waals surface area (Å²) in [5.41, 5.74) is 2.59. The normalized spacial score (nSPS) is 21.1. The van der Waals surface area contributed by atoms with E-state index in [0.29, 0.717) is 42.8 Å². The Morgan fingerprint density at radius 2 is 1.80 bits per heavy atom. The molecule has 9 heteroatoms. The maximum absolute atomic E-state index is 13.5. The van der Waals surface area contributed by atoms with Crippen molar-refractivity contribution in [3.8, 4) is 11.3 Å². The third-order valence-corrected chi connectivity index (χ3v) is 7.94. The number of alkyl carbamates (subject to hydrolysis) is 1. The number of carbonyl (C=O) groups is 2. The summed E-state index contributed by atoms with van der Waals surface area (Å²) in [6.07, 6.45) is 5.79. The van der Waals surface area contributed by atoms with Crippen molar-refractivity contribution in [3.63, 3.8) is 0 Å². The number of nitrogens with zero attached hydrogens (tertiary/aromatic N) is 3. The molecule has 2 aliphatic rings. The van der Waals surface area contributed by atoms with Crippen LogP contribution in [0.1, 0.15) is 63.2 Å². The Labute approximate surface area is 241 Å². The lowest BCUT2D eigenvalue weighted by atomic mass is 9.82. The molecule has 1 aliphatic heterocycles. The number of rotatable bonds is 7. The van der Waals surface area contributed by atoms with Crippen LogP contribution in [0, 0.1) is 11.8 Å². The number of nitrogens with one attached hydrogen (secondary N) is 2. The zero-order valence-electron chi connectivity index (χ0n) is 24.2. The van der Waals surface area contributed by atoms with Gasteiger partial charge in [0.2, 0.25) is 0 Å². The molecule has 0 bridgehead atoms. The van der Waals surface area contributed by atoms with Crippen LogP contribution in [0.3, 0.4) is 0 Å². The van der Waals surface area contributed by atoms with Crippen molar-refractivity contribution in [2.45, 2.75) is 64.5 Å². The molecule has 9 nitrogen and oxygen atoms in total. The van der Waals surface area contributed by atoms with E-state index in [9.17, 15) is 14.7 Å². The molecule has 0 spiro atoms. The Bertz CT molecular complexity index is 1360. The number of benzene rings is 1. The Balaban J connectivity index is 1.19. The number of β-amino-alcohol motifs (C(OH)–C–C–N with tert-alkyl or cyclic N) is 1. The van der Waals surface area contributed by atoms with Gasteiger partial charge in [0.15, 0.2) is 0 Å². The van der Waals surface area contributed by atoms with Crippen LogP contribution in [0.4, 0.5) is 10.6 Å². The van der Waals surface area contributed by atoms with Gasteiger partial charge >= 0.3 is 6.09 Å². The molecule has 5 rings (SSSR count). The molecule has 2 fully saturated rings. The lowest BCUT2D eigenvalue weighted by Gasteiger charge is -2.29. The predicted octanol–water partition coefficient (Wildman–Crippen LogP) is 4.93. The largest absolute Gasteiger partial charge is 0.449 e. The zero-order chi connectivity index (χ0) is 29.0. The quantitative estimate of drug-likeness (QED) is 0.376. The van der Waals surface area contributed by atoms with Gasteiger partial charge in [0.25, 0.3) is 5.91 Å². The number of aliphatic hydroxyl groups excluding tert-OH is 1. The van der Waals surface area contributed by atoms with Crippen LogP contribution in [-0.4, -0.2) is 65.0 Å². The first kappa shape index (κ1) is 28.8. The Morgan fingerprint density at radius 3 is 2.49 bits per heavy atom. The van der Waals surface area contributed by atoms with E-state index in [-0.39, 0.29) is 23.6 Å². The van der Waals surface area contributed by atoms with Crippen molar-refractivity contribution < 1.29 is 19.4 Å². The second kappa shape index (κ2) is 12.4. The maximum Gasteiger partial charge on any atom is 0.407 e. The number of ether oxygens (including phenoxy) is 1. The van der Waals surface area contributed by atoms with Gasteiger partial charge in [-0.25, -0.2) is 14.8 Å². The van der Waals surface area contributed by atoms with E-state index in [2.05, 4.69) is 20.5 Å². The first-order valence-electron chi connectivity index (χ1n) is 14.7. The molecule has 3 N–H and O–H groups in total. The topological polar surface area (TPSA) is 117 Å². The fraction of sp³-hybridized carbons (Fsp3) is 0.500. The lowest BCUT2D eigenvalue weighted by Crippen LogP contribution is -2.41. The first-order valence-corrected chi connectivity index (χ1v) is 14.7. The standard InChI is InChI=1S/C32H41N5O4/c1-32(2,3)36-31(40)41-20-22-10-8-21(9-11-22)17-34-30(39)26-16-28(35-27-7-5-4-6-25(26)27)23-12-13-29(33-18-23)37-15-14-24(38)19-37/h4-7,12-13,16,18,21-22,24,38H,8-11,14-15,17,19-20H2,1-3H3,(H,34,39)(H,36,40)/t21?,22?,24-/m1/s1. The average Bonchev–Trinajstić information content (AvgIpc) is 3.40. The van der Waals surface area contributed by atoms with Crippen LogP contribution >= 0.6 is 0 Å². The molecule has 2 amide bonds. The van der Waals surface area contributed by atoms with E-state index in [1.165, 1.54) is 0 Å². The van der Waals surface area contributed by atoms with E-state index in [4.69, 9.17) is 9.72 Å². The van der Waals surface area contributed by atoms with E-state index < -0.39 is 0 Å². The summed E-state index contributed by atoms with van der Waals surface area (Å²) in [7, 11) is 0. The number of hydrogen-bond donors (Lipinski definition) is 3. The number of pyridine rings is 2. The van der Waals surface area contributed by atoms with Crippen LogP contribution in [-0.2, 0) is 4.74 Å². The third kappa shape index (κ3) is 7.52. The molecule has 1 atom stereocenters. The average molecular weight is 560 g/mol. The molecule has 1 aromatic carbocycles. The number of aliphatic hydroxyl groups is 1. The van der Waals surface area contributed by atoms with Crippen LogP contribution in [0.2, 0.25) is 0 Å². The number of fused-ring (bicyclic) bond motifs is 1. The number of para-hydroxylation sites is 1. The number of anilines is 1. The highest BCUT2D eigenvalue weighted by atomic mass is 16.5. The van der Waals surface area contributed by atoms with Crippen LogP contribution in [0.25, 0.3) is 22.2 Å². The third-order valence-electron chi connectivity index (χ3n) is 7.94. The van der Waals surface area contributed by atoms with Gasteiger partial charge in [0.1, 0.15) is 5.82 Å². The molecule has 2 aromatic heterocycles. The molecule has 1 aliphatic carbocycles. The fourth-order valence-corrected chi connectivity index (χ4v) is 5.66. The first-order chi connectivity index (χ1) is 19.6. The van der Waals surface area contributed by atoms with Crippen molar-refractivity contribution in [2.24, 2.45) is 11.8 Å². The molecule has 0 radical (unpaired) electrons. The van der Waals surface area contributed by atoms with Crippen LogP contribution < -0.4 is 15.5 Å². The van der Waals surface area contributed by atoms with Crippen molar-refractivity contribution in [2.75, 3.05) is 31.1 Å². The van der Waals surface area contributed by atoms with Gasteiger partial charge in [-0.3, -0.25) is 4.79 Å². The van der Waals surface area contributed by atoms with Gasteiger partial charge in [-0.1, -0.05) is 18.2 Å². The Kier molecular flexibility index (Phi) is 8.73. The highest BCUT2D eigenvalue weighted by Crippen LogP contribution is 2.30. The van der Waals surface area contributed by atoms with E-state index in [0.717, 1.165) is 60.9 Å². The highest BCUT2D eigenvalue weighted by molar-refractivity contribution is 6.07. The molecule has 3 heterocycles. The summed E-state index contributed by atoms with van der Waals surface area (Å²) in [6.45, 7) is 8.22. The lowest BCUT2D eigenvalue weighted by molar-refractivity contribution is 0.0916. The van der Waals surface area contributed by atoms with Gasteiger partial charge in [0, 0.05) is 42.3 Å². The number of aromatic nitrogens is 2. The van der Waals surface area contributed by atoms with Crippen LogP contribution in [0.15, 0.2) is 48.7 Å². The number of hydrogen-bond acceptors (Lipinski definition) is 7. The SMILES string of the molecule is CC(C)(C)NC(=O)OCC1CCC(CNC(=O)c2cc(-c3ccc(N4CC[C@@H](O)C4)nc3)nc3ccccc23)CC1. The molecule has 1 saturated heterocycles. The highest BCUT2D eigenvalue weighted by Gasteiger charge is 2.25. The van der Waals surface area contributed by atoms with Crippen molar-refractivity contribution in [1.82, 2.24) is 20.6 Å². The fourth-order valence-electron chi connectivity index (χ4n) is 5.66. The maximum atomic E-state index is 13.5. The van der Waals surface area contributed by atoms with Gasteiger partial charge in [-0.15, -0.1) is 0 Å². The summed E-state index contributed by atoms with van der Waals surface area (Å²) >= 11 is 0. The van der Waals surface area contributed by atoms with Gasteiger partial charge in [-0.05, 0) is 89.0 Å². The van der Waals surface area contributed by atoms with Crippen molar-refractivity contribution in [1.29, 1.82) is 0 Å². The van der Waals surface area contributed by atoms with Crippen molar-refractivity contribution >= 4 is 28.7 Å². The molecular weight excluding hydrogens is 518 g/mol. The van der Waals surface area contributed by atoms with Gasteiger partial charge in [-0.2, -0.15) is 0 Å². The summed E-state index contributed by atoms with van der Waals surface area (Å²) < 4.78 is 5.43. The summed E-state index contributed by atoms with van der Waals surface area (Å²) in [5.74, 6) is 1.48. The number of amides is 2. The molecule has 1 saturated carbocycles. The molecule has 3 aromatic rings. The summed E-state index contributed by atoms with van der Waals surface area (Å²) in [5, 5.41) is 16.7. The minimum atomic E-state index is -0.367. The monoisotopic (exact) mass is 559 g/mol. The van der Waals surface area contributed by atoms with E-state index >= 15 is 0 Å². The predicted molar refractivity (Wildman–Crippen MR) is 160 cm³/mol. The number of carbonyl (C=O) groups excluding carboxylic acids is 2. The molecular formula is C32H41N5O4. The zero-order valence-corrected chi connectivity index (χ0v) is 24.2. The Hall–Kier alpha value is -3.72. The summed E-state index contributed by atoms with van der Waals surface area (Å²) in [4.78, 5) is 36.9. The molecule has 41 heavy (non-hydrogen) atoms. The van der Waals surface area contributed by atoms with E-state index in [1.807, 2.05) is 63.2 Å². The molecule has 0 unspecified atom stereocenters. The smallest absolute Gasteiger partial charge is 0.407 e. The van der Waals surface area contributed by atoms with Crippen LogP contribution in [0.5, 0.6) is 0 Å². The Morgan fingerprint density at radius 1 is 1.05 bits per heavy atom. The van der Waals surface area contributed by atoms with E-state index in [1.54, 1.807) is 6.20 Å². The second-order valence-corrected chi connectivity index (χ2v) is 12.4. The van der Waals surface area contributed by atoms with Crippen molar-refractivity contribution in [3.05, 3.63) is 54.2 Å². The van der Waals surface area contributed by atoms with Gasteiger partial charge in [0.05, 0.1) is 29.5 Å². The molecule has 218 valence electrons. The van der Waals surface area contributed by atoms with Gasteiger partial charge < -0.3 is 25.4 Å².